The van der Waals surface area contributed by atoms with Crippen LogP contribution in [-0.2, 0) is 0 Å². The topological polar surface area (TPSA) is 0 Å². The van der Waals surface area contributed by atoms with Crippen LogP contribution >= 0.6 is 0 Å². The van der Waals surface area contributed by atoms with E-state index in [-0.39, 0.29) is 34.1 Å². The van der Waals surface area contributed by atoms with Crippen molar-refractivity contribution in [1.82, 2.24) is 0 Å². The van der Waals surface area contributed by atoms with Gasteiger partial charge in [-0.3, -0.25) is 0 Å². The molecule has 2 aromatic rings. The van der Waals surface area contributed by atoms with E-state index < -0.39 is 0 Å². The van der Waals surface area contributed by atoms with Crippen LogP contribution in [0, 0.1) is 0 Å². The molecule has 0 saturated carbocycles. The zero-order valence-electron chi connectivity index (χ0n) is 6.28. The number of benzene rings is 2. The summed E-state index contributed by atoms with van der Waals surface area (Å²) in [6, 6.07) is 13.6. The quantitative estimate of drug-likeness (QED) is 0.586. The van der Waals surface area contributed by atoms with E-state index in [1.165, 1.54) is 5.39 Å². The predicted octanol–water partition coefficient (Wildman–Crippen LogP) is 0.427. The third-order valence-corrected chi connectivity index (χ3v) is 13.7. The summed E-state index contributed by atoms with van der Waals surface area (Å²) < 4.78 is 3.44. The molecule has 3 rings (SSSR count). The van der Waals surface area contributed by atoms with Gasteiger partial charge in [0.15, 0.2) is 0 Å². The molecule has 1 aliphatic rings. The van der Waals surface area contributed by atoms with Gasteiger partial charge in [0.05, 0.1) is 0 Å². The van der Waals surface area contributed by atoms with Crippen LogP contribution in [0.5, 0.6) is 0 Å². The van der Waals surface area contributed by atoms with Crippen LogP contribution in [0.15, 0.2) is 36.4 Å². The molecule has 0 atom stereocenters. The summed E-state index contributed by atoms with van der Waals surface area (Å²) >= 11 is 0.499. The second-order valence-corrected chi connectivity index (χ2v) is 12.6. The molecule has 0 radical (unpaired) electrons. The molecular weight excluding hydrogens is 370 g/mol. The first-order valence-corrected chi connectivity index (χ1v) is 13.5. The second-order valence-electron chi connectivity index (χ2n) is 2.78. The normalized spacial score (nSPS) is 14.0. The Balaban J connectivity index is 2.58. The van der Waals surface area contributed by atoms with E-state index in [1.807, 2.05) is 0 Å². The van der Waals surface area contributed by atoms with Crippen molar-refractivity contribution in [2.24, 2.45) is 0 Å². The summed E-state index contributed by atoms with van der Waals surface area (Å²) in [5.74, 6) is 0. The van der Waals surface area contributed by atoms with Crippen LogP contribution in [0.25, 0.3) is 10.8 Å². The standard InChI is InChI=1S/C10H6Te2/c1-3-7-4-2-6-9-10(7)8(5-1)11-12-9/h1-6H/i11-3,12-3. The van der Waals surface area contributed by atoms with Crippen LogP contribution in [0.3, 0.4) is 0 Å². The summed E-state index contributed by atoms with van der Waals surface area (Å²) in [6.45, 7) is 0. The molecule has 0 bridgehead atoms. The Bertz CT molecular complexity index is 410. The molecule has 0 nitrogen and oxygen atoms in total. The molecule has 0 amide bonds. The minimum absolute atomic E-state index is 0.250. The van der Waals surface area contributed by atoms with Crippen LogP contribution in [0.4, 0.5) is 0 Å². The zero-order chi connectivity index (χ0) is 7.97. The van der Waals surface area contributed by atoms with Gasteiger partial charge in [0, 0.05) is 0 Å². The van der Waals surface area contributed by atoms with Gasteiger partial charge in [-0.15, -0.1) is 0 Å². The molecule has 0 unspecified atom stereocenters. The number of hydrogen-bond donors (Lipinski definition) is 0. The molecule has 1 heterocycles. The fraction of sp³-hybridized carbons (Fsp3) is 0. The molecule has 12 heavy (non-hydrogen) atoms. The summed E-state index contributed by atoms with van der Waals surface area (Å²) in [4.78, 5) is 0. The fourth-order valence-electron chi connectivity index (χ4n) is 1.50. The molecule has 0 fully saturated rings. The van der Waals surface area contributed by atoms with Crippen molar-refractivity contribution in [3.63, 3.8) is 0 Å². The van der Waals surface area contributed by atoms with Gasteiger partial charge >= 0.3 is 88.5 Å². The van der Waals surface area contributed by atoms with Gasteiger partial charge in [-0.1, -0.05) is 0 Å². The van der Waals surface area contributed by atoms with Crippen LogP contribution in [-0.4, -0.2) is 34.1 Å². The SMILES string of the molecule is c1cc2c3c(cccc3c1)[125Te][125Te]2. The Kier molecular flexibility index (Phi) is 1.85. The molecule has 2 aromatic carbocycles. The molecule has 1 aliphatic heterocycles. The van der Waals surface area contributed by atoms with Gasteiger partial charge in [0.1, 0.15) is 0 Å². The summed E-state index contributed by atoms with van der Waals surface area (Å²) in [5.41, 5.74) is 0. The predicted molar refractivity (Wildman–Crippen MR) is 54.7 cm³/mol. The maximum atomic E-state index is 2.34. The Labute approximate surface area is 87.7 Å². The van der Waals surface area contributed by atoms with Crippen LogP contribution < -0.4 is 7.22 Å². The number of hydrogen-bond acceptors (Lipinski definition) is 0. The van der Waals surface area contributed by atoms with Crippen molar-refractivity contribution in [2.75, 3.05) is 0 Å². The average molecular weight is 376 g/mol. The Morgan fingerprint density at radius 2 is 1.33 bits per heavy atom. The van der Waals surface area contributed by atoms with Crippen LogP contribution in [0.2, 0.25) is 0 Å². The molecule has 58 valence electrons. The van der Waals surface area contributed by atoms with E-state index in [2.05, 4.69) is 36.4 Å². The third-order valence-electron chi connectivity index (χ3n) is 2.05. The fourth-order valence-corrected chi connectivity index (χ4v) is 13.9. The monoisotopic (exact) mass is 376 g/mol. The van der Waals surface area contributed by atoms with Gasteiger partial charge in [-0.05, 0) is 0 Å². The van der Waals surface area contributed by atoms with E-state index >= 15 is 0 Å². The van der Waals surface area contributed by atoms with Gasteiger partial charge in [-0.25, -0.2) is 0 Å². The van der Waals surface area contributed by atoms with Crippen molar-refractivity contribution >= 4 is 52.1 Å². The molecule has 0 saturated heterocycles. The Hall–Kier alpha value is 0.279. The molecule has 0 N–H and O–H groups in total. The molecular formula is C10H6Te2. The van der Waals surface area contributed by atoms with Gasteiger partial charge in [0.2, 0.25) is 0 Å². The van der Waals surface area contributed by atoms with Gasteiger partial charge in [-0.2, -0.15) is 0 Å². The summed E-state index contributed by atoms with van der Waals surface area (Å²) in [5, 5.41) is 3.10. The summed E-state index contributed by atoms with van der Waals surface area (Å²) in [7, 11) is 0. The first kappa shape index (κ1) is 7.66. The van der Waals surface area contributed by atoms with Crippen molar-refractivity contribution in [2.45, 2.75) is 0 Å². The minimum atomic E-state index is 0.250. The first-order valence-electron chi connectivity index (χ1n) is 3.81. The van der Waals surface area contributed by atoms with E-state index in [0.717, 1.165) is 0 Å². The van der Waals surface area contributed by atoms with E-state index in [1.54, 1.807) is 12.6 Å². The van der Waals surface area contributed by atoms with E-state index in [9.17, 15) is 0 Å². The number of rotatable bonds is 0. The van der Waals surface area contributed by atoms with Gasteiger partial charge < -0.3 is 0 Å². The molecule has 0 aliphatic carbocycles. The second kappa shape index (κ2) is 2.90. The average Bonchev–Trinajstić information content (AvgIpc) is 2.52. The van der Waals surface area contributed by atoms with Gasteiger partial charge in [0.25, 0.3) is 0 Å². The maximum absolute atomic E-state index is 2.34. The third kappa shape index (κ3) is 1.03. The van der Waals surface area contributed by atoms with Crippen molar-refractivity contribution in [1.29, 1.82) is 0 Å². The Morgan fingerprint density at radius 1 is 0.750 bits per heavy atom. The van der Waals surface area contributed by atoms with Crippen molar-refractivity contribution in [3.8, 4) is 0 Å². The molecule has 0 spiro atoms. The van der Waals surface area contributed by atoms with E-state index in [4.69, 9.17) is 0 Å². The Morgan fingerprint density at radius 3 is 1.92 bits per heavy atom. The van der Waals surface area contributed by atoms with Crippen molar-refractivity contribution < 1.29 is 0 Å². The summed E-state index contributed by atoms with van der Waals surface area (Å²) in [6.07, 6.45) is 0. The molecule has 2 heteroatoms. The van der Waals surface area contributed by atoms with E-state index in [0.29, 0.717) is 0 Å². The zero-order valence-corrected chi connectivity index (χ0v) is 10.9. The first-order chi connectivity index (χ1) is 5.95. The van der Waals surface area contributed by atoms with Crippen LogP contribution in [0.1, 0.15) is 0 Å². The van der Waals surface area contributed by atoms with Crippen molar-refractivity contribution in [3.05, 3.63) is 36.4 Å². The molecule has 0 aromatic heterocycles.